The van der Waals surface area contributed by atoms with Gasteiger partial charge in [-0.1, -0.05) is 39.7 Å². The van der Waals surface area contributed by atoms with Crippen LogP contribution in [0.25, 0.3) is 22.0 Å². The number of anilines is 1. The molecule has 2 aliphatic rings. The number of aromatic nitrogens is 5. The number of halogens is 2. The maximum absolute atomic E-state index is 14.7. The molecule has 0 bridgehead atoms. The van der Waals surface area contributed by atoms with Gasteiger partial charge in [-0.15, -0.1) is 0 Å². The Morgan fingerprint density at radius 2 is 1.84 bits per heavy atom. The van der Waals surface area contributed by atoms with Crippen molar-refractivity contribution in [2.75, 3.05) is 18.9 Å². The zero-order valence-electron chi connectivity index (χ0n) is 30.2. The van der Waals surface area contributed by atoms with Crippen molar-refractivity contribution in [3.8, 4) is 11.1 Å². The van der Waals surface area contributed by atoms with Crippen molar-refractivity contribution in [1.29, 1.82) is 0 Å². The van der Waals surface area contributed by atoms with Gasteiger partial charge in [-0.3, -0.25) is 19.1 Å². The minimum atomic E-state index is -0.835. The fourth-order valence-electron chi connectivity index (χ4n) is 7.69. The monoisotopic (exact) mass is 760 g/mol. The topological polar surface area (TPSA) is 126 Å². The quantitative estimate of drug-likeness (QED) is 0.0836. The van der Waals surface area contributed by atoms with E-state index in [2.05, 4.69) is 74.0 Å². The Bertz CT molecular complexity index is 1960. The summed E-state index contributed by atoms with van der Waals surface area (Å²) in [5.41, 5.74) is 2.86. The SMILES string of the molecule is CCCCCN(C)Cc1ccc(Br)nc1NC(=O)[C@@H]1C[C@@]2(C(C)C)C[C@H]2N1C(=O)Cn1nc(C(C)=O)c2cc(-c3cnc(C)nc3)cc(CF)c21. The molecule has 13 heteroatoms. The molecule has 270 valence electrons. The Balaban J connectivity index is 1.30. The third-order valence-corrected chi connectivity index (χ3v) is 11.1. The first-order chi connectivity index (χ1) is 24.4. The van der Waals surface area contributed by atoms with Crippen molar-refractivity contribution in [3.63, 3.8) is 0 Å². The van der Waals surface area contributed by atoms with Crippen molar-refractivity contribution >= 4 is 50.2 Å². The molecule has 6 rings (SSSR count). The van der Waals surface area contributed by atoms with Gasteiger partial charge in [0.2, 0.25) is 11.8 Å². The van der Waals surface area contributed by atoms with E-state index in [0.29, 0.717) is 56.8 Å². The summed E-state index contributed by atoms with van der Waals surface area (Å²) in [5, 5.41) is 8.09. The minimum absolute atomic E-state index is 0.108. The van der Waals surface area contributed by atoms with Gasteiger partial charge in [0.15, 0.2) is 5.78 Å². The van der Waals surface area contributed by atoms with Gasteiger partial charge in [0.25, 0.3) is 0 Å². The number of likely N-dealkylation sites (tertiary alicyclic amines) is 1. The molecule has 1 saturated carbocycles. The second-order valence-electron chi connectivity index (χ2n) is 14.5. The van der Waals surface area contributed by atoms with Gasteiger partial charge in [0.05, 0.1) is 5.52 Å². The van der Waals surface area contributed by atoms with Gasteiger partial charge in [-0.2, -0.15) is 5.10 Å². The van der Waals surface area contributed by atoms with Crippen molar-refractivity contribution in [3.05, 3.63) is 63.9 Å². The number of carbonyl (C=O) groups excluding carboxylic acids is 3. The predicted molar refractivity (Wildman–Crippen MR) is 198 cm³/mol. The summed E-state index contributed by atoms with van der Waals surface area (Å²) in [4.78, 5) is 58.5. The summed E-state index contributed by atoms with van der Waals surface area (Å²) < 4.78 is 16.8. The van der Waals surface area contributed by atoms with Crippen LogP contribution < -0.4 is 5.32 Å². The summed E-state index contributed by atoms with van der Waals surface area (Å²) >= 11 is 3.46. The smallest absolute Gasteiger partial charge is 0.248 e. The molecule has 51 heavy (non-hydrogen) atoms. The number of unbranched alkanes of at least 4 members (excludes halogenated alkanes) is 2. The number of nitrogens with one attached hydrogen (secondary N) is 1. The highest BCUT2D eigenvalue weighted by Crippen LogP contribution is 2.63. The summed E-state index contributed by atoms with van der Waals surface area (Å²) in [7, 11) is 2.06. The van der Waals surface area contributed by atoms with Gasteiger partial charge in [-0.25, -0.2) is 19.3 Å². The van der Waals surface area contributed by atoms with Gasteiger partial charge < -0.3 is 15.1 Å². The zero-order chi connectivity index (χ0) is 36.6. The van der Waals surface area contributed by atoms with E-state index in [1.807, 2.05) is 12.1 Å². The van der Waals surface area contributed by atoms with E-state index in [9.17, 15) is 18.8 Å². The fraction of sp³-hybridized carbons (Fsp3) is 0.500. The van der Waals surface area contributed by atoms with E-state index in [-0.39, 0.29) is 47.2 Å². The average Bonchev–Trinajstić information content (AvgIpc) is 3.54. The molecule has 1 N–H and O–H groups in total. The number of ketones is 1. The van der Waals surface area contributed by atoms with Gasteiger partial charge in [0, 0.05) is 54.0 Å². The molecule has 1 aromatic carbocycles. The highest BCUT2D eigenvalue weighted by atomic mass is 79.9. The second-order valence-corrected chi connectivity index (χ2v) is 15.3. The van der Waals surface area contributed by atoms with Crippen molar-refractivity contribution < 1.29 is 18.8 Å². The molecule has 4 heterocycles. The van der Waals surface area contributed by atoms with Gasteiger partial charge >= 0.3 is 0 Å². The Kier molecular flexibility index (Phi) is 10.7. The third kappa shape index (κ3) is 7.32. The molecule has 11 nitrogen and oxygen atoms in total. The summed E-state index contributed by atoms with van der Waals surface area (Å²) in [6, 6.07) is 6.45. The van der Waals surface area contributed by atoms with E-state index in [1.165, 1.54) is 11.6 Å². The number of carbonyl (C=O) groups is 3. The molecule has 0 unspecified atom stereocenters. The Morgan fingerprint density at radius 1 is 1.10 bits per heavy atom. The van der Waals surface area contributed by atoms with Crippen molar-refractivity contribution in [1.82, 2.24) is 34.5 Å². The van der Waals surface area contributed by atoms with Crippen molar-refractivity contribution in [2.45, 2.75) is 98.6 Å². The summed E-state index contributed by atoms with van der Waals surface area (Å²) in [5.74, 6) is 0.421. The Hall–Kier alpha value is -4.10. The van der Waals surface area contributed by atoms with Crippen LogP contribution in [0.15, 0.2) is 41.3 Å². The molecule has 1 saturated heterocycles. The number of piperidine rings is 1. The molecule has 1 aliphatic heterocycles. The molecular weight excluding hydrogens is 715 g/mol. The highest BCUT2D eigenvalue weighted by Gasteiger charge is 2.68. The first-order valence-corrected chi connectivity index (χ1v) is 18.5. The molecule has 0 spiro atoms. The number of amides is 2. The molecule has 3 atom stereocenters. The lowest BCUT2D eigenvalue weighted by Crippen LogP contribution is -2.47. The summed E-state index contributed by atoms with van der Waals surface area (Å²) in [6.07, 6.45) is 8.02. The maximum atomic E-state index is 14.7. The molecule has 3 aromatic heterocycles. The Morgan fingerprint density at radius 3 is 2.51 bits per heavy atom. The highest BCUT2D eigenvalue weighted by molar-refractivity contribution is 9.10. The fourth-order valence-corrected chi connectivity index (χ4v) is 8.00. The number of nitrogens with zero attached hydrogens (tertiary/aromatic N) is 7. The van der Waals surface area contributed by atoms with E-state index in [1.54, 1.807) is 36.4 Å². The lowest BCUT2D eigenvalue weighted by atomic mass is 9.87. The number of Topliss-reactive ketones (excluding diaryl/α,β-unsaturated/α-hetero) is 1. The van der Waals surface area contributed by atoms with Crippen LogP contribution in [-0.2, 0) is 29.4 Å². The maximum Gasteiger partial charge on any atom is 0.248 e. The van der Waals surface area contributed by atoms with Crippen LogP contribution in [0.2, 0.25) is 0 Å². The van der Waals surface area contributed by atoms with Crippen LogP contribution in [0.1, 0.15) is 87.2 Å². The van der Waals surface area contributed by atoms with E-state index < -0.39 is 12.7 Å². The number of aryl methyl sites for hydroxylation is 1. The molecular formula is C38H46BrFN8O3. The molecule has 1 aliphatic carbocycles. The van der Waals surface area contributed by atoms with Crippen molar-refractivity contribution in [2.24, 2.45) is 11.3 Å². The third-order valence-electron chi connectivity index (χ3n) is 10.6. The molecule has 2 amide bonds. The second kappa shape index (κ2) is 14.9. The number of hydrogen-bond acceptors (Lipinski definition) is 8. The normalized spacial score (nSPS) is 19.6. The van der Waals surface area contributed by atoms with Crippen LogP contribution in [0.4, 0.5) is 10.2 Å². The number of fused-ring (bicyclic) bond motifs is 2. The molecule has 2 fully saturated rings. The lowest BCUT2D eigenvalue weighted by molar-refractivity contribution is -0.138. The lowest BCUT2D eigenvalue weighted by Gasteiger charge is -2.27. The van der Waals surface area contributed by atoms with E-state index in [4.69, 9.17) is 0 Å². The average molecular weight is 762 g/mol. The number of pyridine rings is 1. The van der Waals surface area contributed by atoms with Crippen LogP contribution in [-0.4, -0.2) is 77.8 Å². The number of rotatable bonds is 14. The molecule has 4 aromatic rings. The predicted octanol–water partition coefficient (Wildman–Crippen LogP) is 6.91. The van der Waals surface area contributed by atoms with Crippen LogP contribution in [0.5, 0.6) is 0 Å². The first kappa shape index (κ1) is 36.7. The zero-order valence-corrected chi connectivity index (χ0v) is 31.8. The van der Waals surface area contributed by atoms with E-state index >= 15 is 0 Å². The van der Waals surface area contributed by atoms with E-state index in [0.717, 1.165) is 37.8 Å². The number of alkyl halides is 1. The first-order valence-electron chi connectivity index (χ1n) is 17.7. The molecule has 0 radical (unpaired) electrons. The largest absolute Gasteiger partial charge is 0.325 e. The Labute approximate surface area is 306 Å². The summed E-state index contributed by atoms with van der Waals surface area (Å²) in [6.45, 7) is 10.1. The number of hydrogen-bond donors (Lipinski definition) is 1. The standard InChI is InChI=1S/C38H46BrFN8O3/c1-7-8-9-12-46(6)20-25-10-11-32(39)43-36(25)44-37(51)30-15-38(22(2)3)16-31(38)48(30)33(50)21-47-35-27(17-40)13-26(28-18-41-24(5)42-19-28)14-29(35)34(45-47)23(4)49/h10-11,13-14,18-19,22,30-31H,7-9,12,15-17,20-21H2,1-6H3,(H,43,44,51)/t30-,31+,38-/m0/s1. The van der Waals surface area contributed by atoms with Gasteiger partial charge in [0.1, 0.15) is 41.2 Å². The minimum Gasteiger partial charge on any atom is -0.325 e. The van der Waals surface area contributed by atoms with Gasteiger partial charge in [-0.05, 0) is 90.8 Å². The number of benzene rings is 1. The van der Waals surface area contributed by atoms with Crippen LogP contribution in [0.3, 0.4) is 0 Å². The van der Waals surface area contributed by atoms with Crippen LogP contribution >= 0.6 is 15.9 Å². The van der Waals surface area contributed by atoms with Crippen LogP contribution in [0, 0.1) is 18.3 Å².